The van der Waals surface area contributed by atoms with Gasteiger partial charge in [-0.3, -0.25) is 0 Å². The Hall–Kier alpha value is -2.11. The van der Waals surface area contributed by atoms with Crippen molar-refractivity contribution < 1.29 is 19.3 Å². The van der Waals surface area contributed by atoms with E-state index in [9.17, 15) is 0 Å². The molecular formula is C12H17N3O4. The van der Waals surface area contributed by atoms with Crippen molar-refractivity contribution in [3.63, 3.8) is 0 Å². The summed E-state index contributed by atoms with van der Waals surface area (Å²) < 4.78 is 15.7. The number of azide groups is 1. The lowest BCUT2D eigenvalue weighted by Crippen LogP contribution is -2.01. The first kappa shape index (κ1) is 14.9. The van der Waals surface area contributed by atoms with Crippen molar-refractivity contribution >= 4 is 0 Å². The van der Waals surface area contributed by atoms with Gasteiger partial charge in [0.15, 0.2) is 11.5 Å². The second-order valence-electron chi connectivity index (χ2n) is 3.69. The lowest BCUT2D eigenvalue weighted by molar-refractivity contribution is 0.275. The molecule has 0 aromatic heterocycles. The van der Waals surface area contributed by atoms with Crippen LogP contribution < -0.4 is 14.2 Å². The van der Waals surface area contributed by atoms with Gasteiger partial charge < -0.3 is 19.3 Å². The molecule has 0 aliphatic carbocycles. The minimum atomic E-state index is -0.483. The molecule has 0 amide bonds. The SMILES string of the molecule is COc1cc([C@H](CCO)N=[N+]=[N-])cc(OC)c1OC. The molecule has 7 nitrogen and oxygen atoms in total. The summed E-state index contributed by atoms with van der Waals surface area (Å²) in [5.74, 6) is 1.43. The van der Waals surface area contributed by atoms with E-state index in [0.29, 0.717) is 29.2 Å². The lowest BCUT2D eigenvalue weighted by Gasteiger charge is -2.16. The van der Waals surface area contributed by atoms with E-state index >= 15 is 0 Å². The van der Waals surface area contributed by atoms with Crippen LogP contribution in [-0.4, -0.2) is 33.0 Å². The molecule has 19 heavy (non-hydrogen) atoms. The minimum Gasteiger partial charge on any atom is -0.493 e. The smallest absolute Gasteiger partial charge is 0.203 e. The highest BCUT2D eigenvalue weighted by atomic mass is 16.5. The summed E-state index contributed by atoms with van der Waals surface area (Å²) >= 11 is 0. The Labute approximate surface area is 111 Å². The van der Waals surface area contributed by atoms with E-state index in [-0.39, 0.29) is 6.61 Å². The van der Waals surface area contributed by atoms with E-state index < -0.39 is 6.04 Å². The zero-order valence-electron chi connectivity index (χ0n) is 11.2. The molecule has 0 saturated heterocycles. The van der Waals surface area contributed by atoms with Gasteiger partial charge in [0.05, 0.1) is 27.4 Å². The molecule has 1 aromatic carbocycles. The van der Waals surface area contributed by atoms with Crippen LogP contribution in [0.5, 0.6) is 17.2 Å². The van der Waals surface area contributed by atoms with E-state index in [4.69, 9.17) is 24.8 Å². The fraction of sp³-hybridized carbons (Fsp3) is 0.500. The van der Waals surface area contributed by atoms with Gasteiger partial charge in [-0.25, -0.2) is 0 Å². The molecular weight excluding hydrogens is 250 g/mol. The molecule has 0 aliphatic rings. The van der Waals surface area contributed by atoms with Gasteiger partial charge in [-0.1, -0.05) is 5.11 Å². The zero-order valence-corrected chi connectivity index (χ0v) is 11.2. The first-order chi connectivity index (χ1) is 9.21. The number of hydrogen-bond donors (Lipinski definition) is 1. The standard InChI is InChI=1S/C12H17N3O4/c1-17-10-6-8(9(4-5-16)14-15-13)7-11(18-2)12(10)19-3/h6-7,9,16H,4-5H2,1-3H3/t9-/m0/s1. The number of benzene rings is 1. The quantitative estimate of drug-likeness (QED) is 0.466. The molecule has 0 unspecified atom stereocenters. The Kier molecular flexibility index (Phi) is 5.78. The van der Waals surface area contributed by atoms with E-state index in [0.717, 1.165) is 0 Å². The minimum absolute atomic E-state index is 0.0830. The summed E-state index contributed by atoms with van der Waals surface area (Å²) in [6, 6.07) is 2.93. The summed E-state index contributed by atoms with van der Waals surface area (Å²) in [5.41, 5.74) is 9.26. The highest BCUT2D eigenvalue weighted by Gasteiger charge is 2.17. The molecule has 7 heteroatoms. The summed E-state index contributed by atoms with van der Waals surface area (Å²) in [6.45, 7) is -0.0830. The number of ether oxygens (including phenoxy) is 3. The lowest BCUT2D eigenvalue weighted by atomic mass is 10.0. The molecule has 0 radical (unpaired) electrons. The first-order valence-electron chi connectivity index (χ1n) is 5.66. The van der Waals surface area contributed by atoms with Crippen LogP contribution in [0.2, 0.25) is 0 Å². The van der Waals surface area contributed by atoms with Crippen molar-refractivity contribution in [1.29, 1.82) is 0 Å². The Balaban J connectivity index is 3.30. The number of methoxy groups -OCH3 is 3. The molecule has 0 spiro atoms. The predicted octanol–water partition coefficient (Wildman–Crippen LogP) is 2.45. The summed E-state index contributed by atoms with van der Waals surface area (Å²) in [6.07, 6.45) is 0.322. The number of nitrogens with zero attached hydrogens (tertiary/aromatic N) is 3. The molecule has 1 atom stereocenters. The fourth-order valence-electron chi connectivity index (χ4n) is 1.77. The number of hydrogen-bond acceptors (Lipinski definition) is 5. The van der Waals surface area contributed by atoms with Gasteiger partial charge in [0.25, 0.3) is 0 Å². The van der Waals surface area contributed by atoms with Crippen LogP contribution in [0.1, 0.15) is 18.0 Å². The van der Waals surface area contributed by atoms with E-state index in [1.165, 1.54) is 21.3 Å². The third kappa shape index (κ3) is 3.43. The van der Waals surface area contributed by atoms with Crippen molar-refractivity contribution in [2.24, 2.45) is 5.11 Å². The monoisotopic (exact) mass is 267 g/mol. The van der Waals surface area contributed by atoms with E-state index in [1.54, 1.807) is 12.1 Å². The fourth-order valence-corrected chi connectivity index (χ4v) is 1.77. The Morgan fingerprint density at radius 3 is 2.16 bits per heavy atom. The summed E-state index contributed by atoms with van der Waals surface area (Å²) in [4.78, 5) is 2.79. The highest BCUT2D eigenvalue weighted by molar-refractivity contribution is 5.54. The summed E-state index contributed by atoms with van der Waals surface area (Å²) in [7, 11) is 4.53. The molecule has 0 saturated carbocycles. The van der Waals surface area contributed by atoms with Crippen LogP contribution in [-0.2, 0) is 0 Å². The van der Waals surface area contributed by atoms with Crippen molar-refractivity contribution in [2.45, 2.75) is 12.5 Å². The second-order valence-corrected chi connectivity index (χ2v) is 3.69. The molecule has 1 rings (SSSR count). The molecule has 0 aliphatic heterocycles. The number of rotatable bonds is 7. The normalized spacial score (nSPS) is 11.4. The number of aliphatic hydroxyl groups is 1. The van der Waals surface area contributed by atoms with Gasteiger partial charge in [-0.05, 0) is 29.6 Å². The average Bonchev–Trinajstić information content (AvgIpc) is 2.45. The van der Waals surface area contributed by atoms with E-state index in [1.807, 2.05) is 0 Å². The van der Waals surface area contributed by atoms with Gasteiger partial charge in [0, 0.05) is 11.5 Å². The number of aliphatic hydroxyl groups excluding tert-OH is 1. The zero-order chi connectivity index (χ0) is 14.3. The van der Waals surface area contributed by atoms with Gasteiger partial charge >= 0.3 is 0 Å². The maximum atomic E-state index is 9.01. The van der Waals surface area contributed by atoms with Crippen LogP contribution in [0.4, 0.5) is 0 Å². The van der Waals surface area contributed by atoms with Gasteiger partial charge in [0.2, 0.25) is 5.75 Å². The largest absolute Gasteiger partial charge is 0.493 e. The van der Waals surface area contributed by atoms with Crippen molar-refractivity contribution in [1.82, 2.24) is 0 Å². The van der Waals surface area contributed by atoms with Gasteiger partial charge in [0.1, 0.15) is 0 Å². The maximum Gasteiger partial charge on any atom is 0.203 e. The maximum absolute atomic E-state index is 9.01. The van der Waals surface area contributed by atoms with Crippen LogP contribution >= 0.6 is 0 Å². The average molecular weight is 267 g/mol. The Bertz CT molecular complexity index is 447. The highest BCUT2D eigenvalue weighted by Crippen LogP contribution is 2.40. The summed E-state index contributed by atoms with van der Waals surface area (Å²) in [5, 5.41) is 12.7. The Morgan fingerprint density at radius 2 is 1.79 bits per heavy atom. The molecule has 0 bridgehead atoms. The van der Waals surface area contributed by atoms with Crippen LogP contribution in [0.3, 0.4) is 0 Å². The molecule has 1 N–H and O–H groups in total. The Morgan fingerprint density at radius 1 is 1.21 bits per heavy atom. The first-order valence-corrected chi connectivity index (χ1v) is 5.66. The van der Waals surface area contributed by atoms with Crippen LogP contribution in [0, 0.1) is 0 Å². The van der Waals surface area contributed by atoms with Gasteiger partial charge in [-0.15, -0.1) is 0 Å². The van der Waals surface area contributed by atoms with E-state index in [2.05, 4.69) is 10.0 Å². The van der Waals surface area contributed by atoms with Crippen molar-refractivity contribution in [2.75, 3.05) is 27.9 Å². The van der Waals surface area contributed by atoms with Crippen LogP contribution in [0.25, 0.3) is 10.4 Å². The third-order valence-electron chi connectivity index (χ3n) is 2.67. The third-order valence-corrected chi connectivity index (χ3v) is 2.67. The molecule has 0 fully saturated rings. The predicted molar refractivity (Wildman–Crippen MR) is 69.7 cm³/mol. The van der Waals surface area contributed by atoms with Crippen molar-refractivity contribution in [3.8, 4) is 17.2 Å². The topological polar surface area (TPSA) is 96.7 Å². The van der Waals surface area contributed by atoms with Crippen molar-refractivity contribution in [3.05, 3.63) is 28.1 Å². The van der Waals surface area contributed by atoms with Crippen LogP contribution in [0.15, 0.2) is 17.2 Å². The van der Waals surface area contributed by atoms with Gasteiger partial charge in [-0.2, -0.15) is 0 Å². The molecule has 104 valence electrons. The molecule has 1 aromatic rings. The molecule has 0 heterocycles. The second kappa shape index (κ2) is 7.35.